The molecule has 6 heteroatoms. The molecule has 1 saturated heterocycles. The van der Waals surface area contributed by atoms with Gasteiger partial charge in [0.2, 0.25) is 0 Å². The van der Waals surface area contributed by atoms with Gasteiger partial charge in [0.15, 0.2) is 0 Å². The number of rotatable bonds is 5. The summed E-state index contributed by atoms with van der Waals surface area (Å²) < 4.78 is 14.7. The molecule has 1 aliphatic rings. The Morgan fingerprint density at radius 1 is 1.14 bits per heavy atom. The van der Waals surface area contributed by atoms with Crippen LogP contribution in [0.4, 0.5) is 4.39 Å². The van der Waals surface area contributed by atoms with Gasteiger partial charge in [-0.3, -0.25) is 9.48 Å². The lowest BCUT2D eigenvalue weighted by Crippen LogP contribution is -2.45. The van der Waals surface area contributed by atoms with Gasteiger partial charge in [0.05, 0.1) is 5.52 Å². The second-order valence-corrected chi connectivity index (χ2v) is 7.46. The Morgan fingerprint density at radius 3 is 2.61 bits per heavy atom. The van der Waals surface area contributed by atoms with Crippen LogP contribution in [0.25, 0.3) is 10.9 Å². The summed E-state index contributed by atoms with van der Waals surface area (Å²) >= 11 is 0. The fraction of sp³-hybridized carbons (Fsp3) is 0.364. The van der Waals surface area contributed by atoms with E-state index in [-0.39, 0.29) is 17.8 Å². The SMILES string of the molecule is Cn1nc2ccccc2c1C(=O)NC1CCN(CCc2ccc(F)cc2)CC1. The van der Waals surface area contributed by atoms with Crippen molar-refractivity contribution < 1.29 is 9.18 Å². The van der Waals surface area contributed by atoms with Gasteiger partial charge < -0.3 is 10.2 Å². The molecule has 0 radical (unpaired) electrons. The minimum Gasteiger partial charge on any atom is -0.348 e. The third-order valence-electron chi connectivity index (χ3n) is 5.51. The number of benzene rings is 2. The zero-order valence-electron chi connectivity index (χ0n) is 16.1. The van der Waals surface area contributed by atoms with Crippen LogP contribution in [0.5, 0.6) is 0 Å². The molecule has 0 atom stereocenters. The van der Waals surface area contributed by atoms with Crippen LogP contribution < -0.4 is 5.32 Å². The van der Waals surface area contributed by atoms with Crippen molar-refractivity contribution in [2.45, 2.75) is 25.3 Å². The summed E-state index contributed by atoms with van der Waals surface area (Å²) in [5.74, 6) is -0.248. The average Bonchev–Trinajstić information content (AvgIpc) is 3.04. The van der Waals surface area contributed by atoms with Gasteiger partial charge in [-0.25, -0.2) is 4.39 Å². The minimum atomic E-state index is -0.193. The maximum absolute atomic E-state index is 13.0. The molecule has 2 heterocycles. The normalized spacial score (nSPS) is 15.8. The van der Waals surface area contributed by atoms with E-state index in [0.29, 0.717) is 5.69 Å². The van der Waals surface area contributed by atoms with Gasteiger partial charge in [-0.1, -0.05) is 30.3 Å². The second kappa shape index (κ2) is 8.10. The molecule has 1 fully saturated rings. The number of halogens is 1. The number of fused-ring (bicyclic) bond motifs is 1. The molecule has 3 aromatic rings. The number of aryl methyl sites for hydroxylation is 1. The van der Waals surface area contributed by atoms with Crippen LogP contribution in [0.1, 0.15) is 28.9 Å². The molecule has 0 unspecified atom stereocenters. The van der Waals surface area contributed by atoms with Crippen molar-refractivity contribution in [3.05, 3.63) is 65.6 Å². The lowest BCUT2D eigenvalue weighted by molar-refractivity contribution is 0.0903. The Balaban J connectivity index is 1.30. The van der Waals surface area contributed by atoms with Crippen molar-refractivity contribution in [3.8, 4) is 0 Å². The van der Waals surface area contributed by atoms with Gasteiger partial charge in [-0.2, -0.15) is 5.10 Å². The maximum Gasteiger partial charge on any atom is 0.270 e. The third kappa shape index (κ3) is 4.07. The van der Waals surface area contributed by atoms with Crippen molar-refractivity contribution >= 4 is 16.8 Å². The molecule has 146 valence electrons. The number of likely N-dealkylation sites (tertiary alicyclic amines) is 1. The predicted molar refractivity (Wildman–Crippen MR) is 108 cm³/mol. The van der Waals surface area contributed by atoms with E-state index in [1.807, 2.05) is 43.4 Å². The smallest absolute Gasteiger partial charge is 0.270 e. The summed E-state index contributed by atoms with van der Waals surface area (Å²) in [4.78, 5) is 15.2. The summed E-state index contributed by atoms with van der Waals surface area (Å²) in [6, 6.07) is 14.6. The van der Waals surface area contributed by atoms with Gasteiger partial charge in [0.1, 0.15) is 11.5 Å². The number of amides is 1. The molecule has 1 aliphatic heterocycles. The molecular weight excluding hydrogens is 355 g/mol. The van der Waals surface area contributed by atoms with E-state index in [0.717, 1.165) is 55.4 Å². The Bertz CT molecular complexity index is 958. The Morgan fingerprint density at radius 2 is 1.86 bits per heavy atom. The zero-order valence-corrected chi connectivity index (χ0v) is 16.1. The van der Waals surface area contributed by atoms with Gasteiger partial charge in [0, 0.05) is 38.1 Å². The number of carbonyl (C=O) groups is 1. The second-order valence-electron chi connectivity index (χ2n) is 7.46. The summed E-state index contributed by atoms with van der Waals surface area (Å²) in [6.07, 6.45) is 2.79. The van der Waals surface area contributed by atoms with Crippen LogP contribution in [0.2, 0.25) is 0 Å². The molecule has 5 nitrogen and oxygen atoms in total. The number of nitrogens with zero attached hydrogens (tertiary/aromatic N) is 3. The van der Waals surface area contributed by atoms with E-state index in [1.165, 1.54) is 12.1 Å². The number of nitrogens with one attached hydrogen (secondary N) is 1. The van der Waals surface area contributed by atoms with Crippen LogP contribution in [0, 0.1) is 5.82 Å². The van der Waals surface area contributed by atoms with E-state index in [2.05, 4.69) is 15.3 Å². The standard InChI is InChI=1S/C22H25FN4O/c1-26-21(19-4-2-3-5-20(19)25-26)22(28)24-18-11-14-27(15-12-18)13-10-16-6-8-17(23)9-7-16/h2-9,18H,10-15H2,1H3,(H,24,28). The lowest BCUT2D eigenvalue weighted by atomic mass is 10.0. The molecule has 1 N–H and O–H groups in total. The molecule has 4 rings (SSSR count). The Labute approximate surface area is 164 Å². The molecule has 0 aliphatic carbocycles. The minimum absolute atomic E-state index is 0.0547. The maximum atomic E-state index is 13.0. The van der Waals surface area contributed by atoms with E-state index in [1.54, 1.807) is 4.68 Å². The molecule has 2 aromatic carbocycles. The first-order valence-electron chi connectivity index (χ1n) is 9.79. The zero-order chi connectivity index (χ0) is 19.5. The number of piperidine rings is 1. The largest absolute Gasteiger partial charge is 0.348 e. The predicted octanol–water partition coefficient (Wildman–Crippen LogP) is 3.15. The van der Waals surface area contributed by atoms with E-state index in [4.69, 9.17) is 0 Å². The molecule has 1 amide bonds. The summed E-state index contributed by atoms with van der Waals surface area (Å²) in [5.41, 5.74) is 2.61. The fourth-order valence-corrected chi connectivity index (χ4v) is 3.91. The quantitative estimate of drug-likeness (QED) is 0.740. The number of hydrogen-bond donors (Lipinski definition) is 1. The monoisotopic (exact) mass is 380 g/mol. The summed E-state index contributed by atoms with van der Waals surface area (Å²) in [6.45, 7) is 2.87. The highest BCUT2D eigenvalue weighted by Gasteiger charge is 2.23. The highest BCUT2D eigenvalue weighted by Crippen LogP contribution is 2.18. The van der Waals surface area contributed by atoms with Crippen LogP contribution in [0.15, 0.2) is 48.5 Å². The van der Waals surface area contributed by atoms with Gasteiger partial charge in [-0.15, -0.1) is 0 Å². The number of carbonyl (C=O) groups excluding carboxylic acids is 1. The highest BCUT2D eigenvalue weighted by atomic mass is 19.1. The lowest BCUT2D eigenvalue weighted by Gasteiger charge is -2.32. The highest BCUT2D eigenvalue weighted by molar-refractivity contribution is 6.05. The molecule has 28 heavy (non-hydrogen) atoms. The molecule has 0 spiro atoms. The summed E-state index contributed by atoms with van der Waals surface area (Å²) in [7, 11) is 1.81. The topological polar surface area (TPSA) is 50.2 Å². The summed E-state index contributed by atoms with van der Waals surface area (Å²) in [5, 5.41) is 8.50. The Hall–Kier alpha value is -2.73. The van der Waals surface area contributed by atoms with Gasteiger partial charge in [-0.05, 0) is 43.0 Å². The van der Waals surface area contributed by atoms with Crippen LogP contribution in [-0.2, 0) is 13.5 Å². The molecule has 1 aromatic heterocycles. The van der Waals surface area contributed by atoms with E-state index < -0.39 is 0 Å². The first-order valence-corrected chi connectivity index (χ1v) is 9.79. The van der Waals surface area contributed by atoms with Crippen molar-refractivity contribution in [1.82, 2.24) is 20.0 Å². The molecule has 0 bridgehead atoms. The number of aromatic nitrogens is 2. The average molecular weight is 380 g/mol. The van der Waals surface area contributed by atoms with Crippen LogP contribution in [-0.4, -0.2) is 46.3 Å². The van der Waals surface area contributed by atoms with E-state index in [9.17, 15) is 9.18 Å². The van der Waals surface area contributed by atoms with Crippen LogP contribution in [0.3, 0.4) is 0 Å². The van der Waals surface area contributed by atoms with Crippen molar-refractivity contribution in [3.63, 3.8) is 0 Å². The molecule has 0 saturated carbocycles. The Kier molecular flexibility index (Phi) is 5.39. The van der Waals surface area contributed by atoms with Gasteiger partial charge >= 0.3 is 0 Å². The number of hydrogen-bond acceptors (Lipinski definition) is 3. The third-order valence-corrected chi connectivity index (χ3v) is 5.51. The van der Waals surface area contributed by atoms with Crippen LogP contribution >= 0.6 is 0 Å². The first kappa shape index (κ1) is 18.6. The molecular formula is C22H25FN4O. The van der Waals surface area contributed by atoms with E-state index >= 15 is 0 Å². The van der Waals surface area contributed by atoms with Crippen molar-refractivity contribution in [1.29, 1.82) is 0 Å². The van der Waals surface area contributed by atoms with Crippen molar-refractivity contribution in [2.75, 3.05) is 19.6 Å². The fourth-order valence-electron chi connectivity index (χ4n) is 3.91. The first-order chi connectivity index (χ1) is 13.6. The van der Waals surface area contributed by atoms with Crippen molar-refractivity contribution in [2.24, 2.45) is 7.05 Å². The van der Waals surface area contributed by atoms with Gasteiger partial charge in [0.25, 0.3) is 5.91 Å².